The number of esters is 1. The first kappa shape index (κ1) is 18.9. The van der Waals surface area contributed by atoms with Crippen LogP contribution in [0.4, 0.5) is 9.18 Å². The summed E-state index contributed by atoms with van der Waals surface area (Å²) in [6.07, 6.45) is 5.46. The Morgan fingerprint density at radius 3 is 2.21 bits per heavy atom. The molecule has 0 aliphatic heterocycles. The summed E-state index contributed by atoms with van der Waals surface area (Å²) in [6, 6.07) is 4.82. The van der Waals surface area contributed by atoms with E-state index in [2.05, 4.69) is 10.6 Å². The Kier molecular flexibility index (Phi) is 4.85. The van der Waals surface area contributed by atoms with Crippen LogP contribution in [0.25, 0.3) is 0 Å². The highest BCUT2D eigenvalue weighted by Crippen LogP contribution is 2.55. The molecule has 5 rings (SSSR count). The molecule has 3 amide bonds. The summed E-state index contributed by atoms with van der Waals surface area (Å²) in [6.45, 7) is 1.35. The Labute approximate surface area is 163 Å². The van der Waals surface area contributed by atoms with Gasteiger partial charge in [-0.2, -0.15) is 0 Å². The number of carbonyl (C=O) groups excluding carboxylic acids is 3. The van der Waals surface area contributed by atoms with Crippen molar-refractivity contribution < 1.29 is 23.5 Å². The van der Waals surface area contributed by atoms with Crippen LogP contribution in [0.2, 0.25) is 0 Å². The van der Waals surface area contributed by atoms with Gasteiger partial charge in [-0.3, -0.25) is 10.1 Å². The third-order valence-corrected chi connectivity index (χ3v) is 6.40. The van der Waals surface area contributed by atoms with Gasteiger partial charge >= 0.3 is 12.0 Å². The van der Waals surface area contributed by atoms with E-state index in [1.54, 1.807) is 0 Å². The van der Waals surface area contributed by atoms with Crippen molar-refractivity contribution in [2.24, 2.45) is 17.8 Å². The van der Waals surface area contributed by atoms with Crippen molar-refractivity contribution in [1.29, 1.82) is 0 Å². The van der Waals surface area contributed by atoms with Crippen LogP contribution in [0.3, 0.4) is 0 Å². The topological polar surface area (TPSA) is 84.5 Å². The average molecular weight is 388 g/mol. The predicted octanol–water partition coefficient (Wildman–Crippen LogP) is 3.17. The van der Waals surface area contributed by atoms with Gasteiger partial charge in [-0.05, 0) is 75.3 Å². The highest BCUT2D eigenvalue weighted by molar-refractivity contribution is 5.98. The SMILES string of the molecule is C[C@H](OC(=O)c1ccccc1F)C(=O)NC(=O)NC12CC3CC(CC(C3)C1)C2. The summed E-state index contributed by atoms with van der Waals surface area (Å²) in [5.41, 5.74) is -0.466. The molecule has 0 radical (unpaired) electrons. The van der Waals surface area contributed by atoms with E-state index in [4.69, 9.17) is 4.74 Å². The maximum Gasteiger partial charge on any atom is 0.341 e. The molecule has 4 saturated carbocycles. The van der Waals surface area contributed by atoms with Gasteiger partial charge in [-0.15, -0.1) is 0 Å². The lowest BCUT2D eigenvalue weighted by atomic mass is 9.53. The molecular weight excluding hydrogens is 363 g/mol. The molecule has 0 heterocycles. The summed E-state index contributed by atoms with van der Waals surface area (Å²) in [5.74, 6) is -0.387. The first-order valence-electron chi connectivity index (χ1n) is 9.92. The average Bonchev–Trinajstić information content (AvgIpc) is 2.60. The lowest BCUT2D eigenvalue weighted by molar-refractivity contribution is -0.128. The van der Waals surface area contributed by atoms with Crippen LogP contribution in [0.1, 0.15) is 55.8 Å². The van der Waals surface area contributed by atoms with Gasteiger partial charge in [0.2, 0.25) is 0 Å². The lowest BCUT2D eigenvalue weighted by Gasteiger charge is -2.56. The Balaban J connectivity index is 1.31. The molecule has 28 heavy (non-hydrogen) atoms. The highest BCUT2D eigenvalue weighted by atomic mass is 19.1. The Bertz CT molecular complexity index is 774. The summed E-state index contributed by atoms with van der Waals surface area (Å²) in [4.78, 5) is 36.7. The van der Waals surface area contributed by atoms with Crippen LogP contribution in [0, 0.1) is 23.6 Å². The molecule has 150 valence electrons. The van der Waals surface area contributed by atoms with E-state index in [-0.39, 0.29) is 11.1 Å². The number of amides is 3. The van der Waals surface area contributed by atoms with Crippen LogP contribution in [-0.2, 0) is 9.53 Å². The minimum Gasteiger partial charge on any atom is -0.449 e. The number of ether oxygens (including phenoxy) is 1. The zero-order valence-electron chi connectivity index (χ0n) is 15.9. The largest absolute Gasteiger partial charge is 0.449 e. The minimum absolute atomic E-state index is 0.216. The highest BCUT2D eigenvalue weighted by Gasteiger charge is 2.51. The summed E-state index contributed by atoms with van der Waals surface area (Å²) < 4.78 is 18.7. The van der Waals surface area contributed by atoms with Crippen molar-refractivity contribution in [3.8, 4) is 0 Å². The van der Waals surface area contributed by atoms with E-state index < -0.39 is 29.8 Å². The molecule has 4 fully saturated rings. The molecule has 1 atom stereocenters. The van der Waals surface area contributed by atoms with Gasteiger partial charge < -0.3 is 10.1 Å². The molecule has 4 aliphatic carbocycles. The normalized spacial score (nSPS) is 31.1. The van der Waals surface area contributed by atoms with E-state index in [0.717, 1.165) is 25.3 Å². The van der Waals surface area contributed by atoms with Crippen molar-refractivity contribution in [2.75, 3.05) is 0 Å². The van der Waals surface area contributed by atoms with Gasteiger partial charge in [0.15, 0.2) is 6.10 Å². The summed E-state index contributed by atoms with van der Waals surface area (Å²) in [5, 5.41) is 5.30. The van der Waals surface area contributed by atoms with Gasteiger partial charge in [-0.25, -0.2) is 14.0 Å². The Hall–Kier alpha value is -2.44. The summed E-state index contributed by atoms with van der Waals surface area (Å²) in [7, 11) is 0. The fourth-order valence-electron chi connectivity index (χ4n) is 5.65. The first-order valence-corrected chi connectivity index (χ1v) is 9.92. The maximum atomic E-state index is 13.7. The molecule has 1 aromatic rings. The van der Waals surface area contributed by atoms with Crippen molar-refractivity contribution in [2.45, 2.75) is 57.1 Å². The third kappa shape index (κ3) is 3.75. The van der Waals surface area contributed by atoms with Crippen molar-refractivity contribution in [3.05, 3.63) is 35.6 Å². The molecule has 7 heteroatoms. The molecule has 1 aromatic carbocycles. The minimum atomic E-state index is -1.21. The number of rotatable bonds is 4. The smallest absolute Gasteiger partial charge is 0.341 e. The zero-order chi connectivity index (χ0) is 19.9. The molecule has 2 N–H and O–H groups in total. The van der Waals surface area contributed by atoms with Gasteiger partial charge in [0.25, 0.3) is 5.91 Å². The Morgan fingerprint density at radius 2 is 1.64 bits per heavy atom. The van der Waals surface area contributed by atoms with Crippen molar-refractivity contribution in [3.63, 3.8) is 0 Å². The fourth-order valence-corrected chi connectivity index (χ4v) is 5.65. The van der Waals surface area contributed by atoms with E-state index in [0.29, 0.717) is 17.8 Å². The van der Waals surface area contributed by atoms with Crippen LogP contribution >= 0.6 is 0 Å². The second-order valence-electron chi connectivity index (χ2n) is 8.67. The van der Waals surface area contributed by atoms with Gasteiger partial charge in [0.1, 0.15) is 5.82 Å². The Morgan fingerprint density at radius 1 is 1.07 bits per heavy atom. The van der Waals surface area contributed by atoms with Crippen molar-refractivity contribution in [1.82, 2.24) is 10.6 Å². The molecular formula is C21H25FN2O4. The standard InChI is InChI=1S/C21H25FN2O4/c1-12(28-19(26)16-4-2-3-5-17(16)22)18(25)23-20(27)24-21-9-13-6-14(10-21)8-15(7-13)11-21/h2-5,12-15H,6-11H2,1H3,(H2,23,24,25,27)/t12-,13?,14?,15?,21?/m0/s1. The fraction of sp³-hybridized carbons (Fsp3) is 0.571. The van der Waals surface area contributed by atoms with Crippen LogP contribution in [0.15, 0.2) is 24.3 Å². The molecule has 4 aliphatic rings. The quantitative estimate of drug-likeness (QED) is 0.776. The number of carbonyl (C=O) groups is 3. The number of halogens is 1. The van der Waals surface area contributed by atoms with E-state index in [1.807, 2.05) is 0 Å². The monoisotopic (exact) mass is 388 g/mol. The number of hydrogen-bond donors (Lipinski definition) is 2. The van der Waals surface area contributed by atoms with Crippen LogP contribution < -0.4 is 10.6 Å². The van der Waals surface area contributed by atoms with Gasteiger partial charge in [-0.1, -0.05) is 12.1 Å². The predicted molar refractivity (Wildman–Crippen MR) is 98.9 cm³/mol. The third-order valence-electron chi connectivity index (χ3n) is 6.40. The van der Waals surface area contributed by atoms with E-state index in [9.17, 15) is 18.8 Å². The second kappa shape index (κ2) is 7.18. The van der Waals surface area contributed by atoms with Gasteiger partial charge in [0, 0.05) is 5.54 Å². The number of nitrogens with one attached hydrogen (secondary N) is 2. The number of urea groups is 1. The number of hydrogen-bond acceptors (Lipinski definition) is 4. The molecule has 6 nitrogen and oxygen atoms in total. The van der Waals surface area contributed by atoms with Crippen LogP contribution in [0.5, 0.6) is 0 Å². The number of imide groups is 1. The molecule has 0 unspecified atom stereocenters. The zero-order valence-corrected chi connectivity index (χ0v) is 15.9. The molecule has 0 saturated heterocycles. The molecule has 0 spiro atoms. The molecule has 0 aromatic heterocycles. The van der Waals surface area contributed by atoms with E-state index >= 15 is 0 Å². The summed E-state index contributed by atoms with van der Waals surface area (Å²) >= 11 is 0. The van der Waals surface area contributed by atoms with Crippen molar-refractivity contribution >= 4 is 17.9 Å². The maximum absolute atomic E-state index is 13.7. The first-order chi connectivity index (χ1) is 13.3. The molecule has 4 bridgehead atoms. The second-order valence-corrected chi connectivity index (χ2v) is 8.67. The van der Waals surface area contributed by atoms with Gasteiger partial charge in [0.05, 0.1) is 5.56 Å². The van der Waals surface area contributed by atoms with Crippen LogP contribution in [-0.4, -0.2) is 29.6 Å². The number of benzene rings is 1. The lowest BCUT2D eigenvalue weighted by Crippen LogP contribution is -2.62. The van der Waals surface area contributed by atoms with E-state index in [1.165, 1.54) is 44.4 Å².